The van der Waals surface area contributed by atoms with Crippen molar-refractivity contribution in [1.29, 1.82) is 0 Å². The second-order valence-corrected chi connectivity index (χ2v) is 3.81. The quantitative estimate of drug-likeness (QED) is 0.447. The van der Waals surface area contributed by atoms with Gasteiger partial charge in [-0.2, -0.15) is 0 Å². The average Bonchev–Trinajstić information content (AvgIpc) is 2.14. The first-order valence-corrected chi connectivity index (χ1v) is 6.26. The Morgan fingerprint density at radius 1 is 1.47 bits per heavy atom. The van der Waals surface area contributed by atoms with Gasteiger partial charge in [-0.1, -0.05) is 54.3 Å². The Morgan fingerprint density at radius 3 is 2.40 bits per heavy atom. The monoisotopic (exact) mass is 280 g/mol. The molecule has 0 aliphatic rings. The number of unbranched alkanes of at least 4 members (excludes halogenated alkanes) is 2. The first kappa shape index (κ1) is 17.1. The van der Waals surface area contributed by atoms with Crippen LogP contribution in [-0.2, 0) is 4.79 Å². The number of halogens is 1. The van der Waals surface area contributed by atoms with Gasteiger partial charge >= 0.3 is 0 Å². The molecule has 0 rings (SSSR count). The van der Waals surface area contributed by atoms with Crippen LogP contribution in [0, 0.1) is 0 Å². The van der Waals surface area contributed by atoms with E-state index in [4.69, 9.17) is 9.90 Å². The molecule has 0 aliphatic heterocycles. The number of carbonyl (C=O) groups is 1. The number of aliphatic hydroxyl groups is 1. The maximum Gasteiger partial charge on any atom is 0.300 e. The third-order valence-electron chi connectivity index (χ3n) is 1.55. The number of alkyl halides is 1. The Bertz CT molecular complexity index is 165. The van der Waals surface area contributed by atoms with Gasteiger partial charge in [0.1, 0.15) is 0 Å². The third-order valence-corrected chi connectivity index (χ3v) is 1.92. The van der Waals surface area contributed by atoms with Crippen LogP contribution in [-0.4, -0.2) is 27.6 Å². The lowest BCUT2D eigenvalue weighted by molar-refractivity contribution is -0.134. The van der Waals surface area contributed by atoms with Crippen molar-refractivity contribution in [2.75, 3.05) is 5.33 Å². The van der Waals surface area contributed by atoms with Gasteiger partial charge in [-0.3, -0.25) is 4.79 Å². The summed E-state index contributed by atoms with van der Waals surface area (Å²) in [7, 11) is 0. The molecule has 0 saturated heterocycles. The first-order valence-electron chi connectivity index (χ1n) is 5.14. The van der Waals surface area contributed by atoms with Crippen molar-refractivity contribution in [3.8, 4) is 0 Å². The second-order valence-electron chi connectivity index (χ2n) is 3.16. The molecule has 2 N–H and O–H groups in total. The van der Waals surface area contributed by atoms with Crippen molar-refractivity contribution < 1.29 is 15.0 Å². The molecule has 0 amide bonds. The molecule has 0 saturated carbocycles. The van der Waals surface area contributed by atoms with Crippen LogP contribution in [0.1, 0.15) is 39.5 Å². The normalized spacial score (nSPS) is 12.0. The molecule has 0 aromatic rings. The fraction of sp³-hybridized carbons (Fsp3) is 0.727. The van der Waals surface area contributed by atoms with Crippen LogP contribution in [0.4, 0.5) is 0 Å². The first-order chi connectivity index (χ1) is 7.04. The number of carboxylic acid groups (broad SMARTS) is 1. The van der Waals surface area contributed by atoms with Crippen molar-refractivity contribution >= 4 is 21.9 Å². The van der Waals surface area contributed by atoms with Gasteiger partial charge in [0.15, 0.2) is 0 Å². The van der Waals surface area contributed by atoms with Crippen molar-refractivity contribution in [1.82, 2.24) is 0 Å². The number of allylic oxidation sites excluding steroid dienone is 1. The van der Waals surface area contributed by atoms with Gasteiger partial charge in [0.2, 0.25) is 0 Å². The molecule has 1 atom stereocenters. The fourth-order valence-corrected chi connectivity index (χ4v) is 1.12. The Labute approximate surface area is 100 Å². The smallest absolute Gasteiger partial charge is 0.300 e. The van der Waals surface area contributed by atoms with Gasteiger partial charge in [0.05, 0.1) is 6.10 Å². The van der Waals surface area contributed by atoms with E-state index in [2.05, 4.69) is 22.9 Å². The SMILES string of the molecule is CC(=O)O.CCCCCC(O)C=CCBr. The van der Waals surface area contributed by atoms with Gasteiger partial charge in [0, 0.05) is 12.3 Å². The molecule has 0 aromatic carbocycles. The van der Waals surface area contributed by atoms with E-state index in [1.165, 1.54) is 12.8 Å². The van der Waals surface area contributed by atoms with Crippen molar-refractivity contribution in [2.24, 2.45) is 0 Å². The van der Waals surface area contributed by atoms with E-state index >= 15 is 0 Å². The predicted molar refractivity (Wildman–Crippen MR) is 66.4 cm³/mol. The summed E-state index contributed by atoms with van der Waals surface area (Å²) in [6.07, 6.45) is 8.02. The molecular weight excluding hydrogens is 260 g/mol. The van der Waals surface area contributed by atoms with Crippen molar-refractivity contribution in [3.63, 3.8) is 0 Å². The molecule has 0 heterocycles. The highest BCUT2D eigenvalue weighted by Gasteiger charge is 1.96. The maximum atomic E-state index is 9.30. The van der Waals surface area contributed by atoms with Crippen LogP contribution in [0.25, 0.3) is 0 Å². The molecule has 0 spiro atoms. The van der Waals surface area contributed by atoms with Gasteiger partial charge in [-0.05, 0) is 6.42 Å². The number of aliphatic carboxylic acids is 1. The van der Waals surface area contributed by atoms with Crippen molar-refractivity contribution in [3.05, 3.63) is 12.2 Å². The summed E-state index contributed by atoms with van der Waals surface area (Å²) in [5, 5.41) is 17.5. The Kier molecular flexibility index (Phi) is 15.5. The van der Waals surface area contributed by atoms with Crippen LogP contribution >= 0.6 is 15.9 Å². The standard InChI is InChI=1S/C9H17BrO.C2H4O2/c1-2-3-4-6-9(11)7-5-8-10;1-2(3)4/h5,7,9,11H,2-4,6,8H2,1H3;1H3,(H,3,4). The van der Waals surface area contributed by atoms with Gasteiger partial charge in [-0.25, -0.2) is 0 Å². The molecule has 0 radical (unpaired) electrons. The van der Waals surface area contributed by atoms with Crippen LogP contribution in [0.5, 0.6) is 0 Å². The molecule has 0 fully saturated rings. The van der Waals surface area contributed by atoms with E-state index in [0.717, 1.165) is 25.1 Å². The zero-order valence-corrected chi connectivity index (χ0v) is 11.0. The summed E-state index contributed by atoms with van der Waals surface area (Å²) in [6.45, 7) is 3.25. The predicted octanol–water partition coefficient (Wildman–Crippen LogP) is 2.97. The van der Waals surface area contributed by atoms with E-state index < -0.39 is 5.97 Å². The Balaban J connectivity index is 0. The van der Waals surface area contributed by atoms with E-state index in [1.807, 2.05) is 12.2 Å². The Hall–Kier alpha value is -0.350. The number of aliphatic hydroxyl groups excluding tert-OH is 1. The third kappa shape index (κ3) is 24.8. The summed E-state index contributed by atoms with van der Waals surface area (Å²) >= 11 is 3.26. The van der Waals surface area contributed by atoms with E-state index in [9.17, 15) is 5.11 Å². The minimum absolute atomic E-state index is 0.237. The minimum atomic E-state index is -0.833. The highest BCUT2D eigenvalue weighted by molar-refractivity contribution is 9.09. The summed E-state index contributed by atoms with van der Waals surface area (Å²) < 4.78 is 0. The summed E-state index contributed by atoms with van der Waals surface area (Å²) in [5.74, 6) is -0.833. The summed E-state index contributed by atoms with van der Waals surface area (Å²) in [5.41, 5.74) is 0. The summed E-state index contributed by atoms with van der Waals surface area (Å²) in [6, 6.07) is 0. The molecule has 15 heavy (non-hydrogen) atoms. The zero-order chi connectivity index (χ0) is 12.1. The van der Waals surface area contributed by atoms with E-state index in [0.29, 0.717) is 0 Å². The summed E-state index contributed by atoms with van der Waals surface area (Å²) in [4.78, 5) is 9.00. The minimum Gasteiger partial charge on any atom is -0.481 e. The van der Waals surface area contributed by atoms with Gasteiger partial charge < -0.3 is 10.2 Å². The largest absolute Gasteiger partial charge is 0.481 e. The van der Waals surface area contributed by atoms with Crippen LogP contribution in [0.15, 0.2) is 12.2 Å². The zero-order valence-electron chi connectivity index (χ0n) is 9.45. The maximum absolute atomic E-state index is 9.30. The fourth-order valence-electron chi connectivity index (χ4n) is 0.908. The molecule has 1 unspecified atom stereocenters. The van der Waals surface area contributed by atoms with Crippen LogP contribution < -0.4 is 0 Å². The molecule has 0 aromatic heterocycles. The molecule has 0 bridgehead atoms. The van der Waals surface area contributed by atoms with E-state index in [-0.39, 0.29) is 6.10 Å². The molecule has 0 aliphatic carbocycles. The highest BCUT2D eigenvalue weighted by Crippen LogP contribution is 2.04. The Morgan fingerprint density at radius 2 is 2.00 bits per heavy atom. The lowest BCUT2D eigenvalue weighted by atomic mass is 10.1. The highest BCUT2D eigenvalue weighted by atomic mass is 79.9. The molecular formula is C11H21BrO3. The molecule has 3 nitrogen and oxygen atoms in total. The lowest BCUT2D eigenvalue weighted by Crippen LogP contribution is -2.01. The van der Waals surface area contributed by atoms with Crippen LogP contribution in [0.3, 0.4) is 0 Å². The van der Waals surface area contributed by atoms with Gasteiger partial charge in [-0.15, -0.1) is 0 Å². The topological polar surface area (TPSA) is 57.5 Å². The van der Waals surface area contributed by atoms with Gasteiger partial charge in [0.25, 0.3) is 5.97 Å². The second kappa shape index (κ2) is 13.7. The number of hydrogen-bond acceptors (Lipinski definition) is 2. The van der Waals surface area contributed by atoms with E-state index in [1.54, 1.807) is 0 Å². The number of hydrogen-bond donors (Lipinski definition) is 2. The molecule has 90 valence electrons. The lowest BCUT2D eigenvalue weighted by Gasteiger charge is -2.03. The van der Waals surface area contributed by atoms with Crippen molar-refractivity contribution in [2.45, 2.75) is 45.6 Å². The average molecular weight is 281 g/mol. The number of rotatable bonds is 6. The molecule has 4 heteroatoms. The van der Waals surface area contributed by atoms with Crippen LogP contribution in [0.2, 0.25) is 0 Å². The number of carboxylic acids is 1.